The summed E-state index contributed by atoms with van der Waals surface area (Å²) in [6.07, 6.45) is -13.0. The van der Waals surface area contributed by atoms with E-state index in [9.17, 15) is 45.6 Å². The van der Waals surface area contributed by atoms with Crippen LogP contribution in [0.3, 0.4) is 0 Å². The predicted octanol–water partition coefficient (Wildman–Crippen LogP) is -2.47. The summed E-state index contributed by atoms with van der Waals surface area (Å²) in [6.45, 7) is 3.18. The van der Waals surface area contributed by atoms with Crippen molar-refractivity contribution in [2.75, 3.05) is 26.9 Å². The van der Waals surface area contributed by atoms with Crippen molar-refractivity contribution in [2.45, 2.75) is 86.6 Å². The van der Waals surface area contributed by atoms with Crippen LogP contribution in [-0.2, 0) is 34.9 Å². The molecule has 260 valence electrons. The first-order chi connectivity index (χ1) is 22.5. The molecule has 0 aromatic heterocycles. The van der Waals surface area contributed by atoms with Crippen molar-refractivity contribution in [3.05, 3.63) is 47.7 Å². The van der Waals surface area contributed by atoms with Gasteiger partial charge in [0.2, 0.25) is 6.29 Å². The summed E-state index contributed by atoms with van der Waals surface area (Å²) in [7, 11) is 1.45. The van der Waals surface area contributed by atoms with Crippen LogP contribution in [0.5, 0.6) is 11.5 Å². The first-order valence-corrected chi connectivity index (χ1v) is 15.4. The number of phenolic OH excluding ortho intramolecular Hbond substituents is 1. The monoisotopic (exact) mass is 667 g/mol. The van der Waals surface area contributed by atoms with Crippen molar-refractivity contribution in [3.8, 4) is 11.5 Å². The quantitative estimate of drug-likeness (QED) is 0.134. The minimum absolute atomic E-state index is 0.0150. The Hall–Kier alpha value is -2.87. The number of aliphatic hydroxyl groups excluding tert-OH is 7. The van der Waals surface area contributed by atoms with Crippen LogP contribution in [0.25, 0.3) is 0 Å². The topological polar surface area (TPSA) is 238 Å². The van der Waals surface area contributed by atoms with Gasteiger partial charge < -0.3 is 74.2 Å². The Kier molecular flexibility index (Phi) is 9.81. The van der Waals surface area contributed by atoms with Gasteiger partial charge in [-0.15, -0.1) is 6.58 Å². The molecule has 5 aliphatic heterocycles. The van der Waals surface area contributed by atoms with Crippen molar-refractivity contribution in [1.29, 1.82) is 0 Å². The van der Waals surface area contributed by atoms with Crippen LogP contribution in [0.15, 0.2) is 36.6 Å². The number of hydrogen-bond donors (Lipinski definition) is 8. The van der Waals surface area contributed by atoms with Gasteiger partial charge >= 0.3 is 0 Å². The number of benzene rings is 1. The van der Waals surface area contributed by atoms with Gasteiger partial charge in [-0.25, -0.2) is 0 Å². The molecule has 3 fully saturated rings. The molecule has 14 atom stereocenters. The second-order valence-electron chi connectivity index (χ2n) is 12.4. The van der Waals surface area contributed by atoms with E-state index in [1.807, 2.05) is 0 Å². The molecule has 0 aliphatic carbocycles. The van der Waals surface area contributed by atoms with Crippen LogP contribution < -0.4 is 4.74 Å². The summed E-state index contributed by atoms with van der Waals surface area (Å²) in [6, 6.07) is 3.06. The number of carbonyl (C=O) groups excluding carboxylic acids is 1. The Bertz CT molecular complexity index is 1360. The molecule has 5 heterocycles. The third-order valence-electron chi connectivity index (χ3n) is 9.77. The van der Waals surface area contributed by atoms with Gasteiger partial charge in [-0.2, -0.15) is 0 Å². The fourth-order valence-electron chi connectivity index (χ4n) is 7.09. The predicted molar refractivity (Wildman–Crippen MR) is 155 cm³/mol. The van der Waals surface area contributed by atoms with Crippen molar-refractivity contribution in [1.82, 2.24) is 4.90 Å². The Labute approximate surface area is 269 Å². The zero-order valence-electron chi connectivity index (χ0n) is 25.5. The van der Waals surface area contributed by atoms with E-state index in [1.165, 1.54) is 13.4 Å². The van der Waals surface area contributed by atoms with Crippen LogP contribution in [0.4, 0.5) is 0 Å². The minimum atomic E-state index is -1.76. The lowest BCUT2D eigenvalue weighted by molar-refractivity contribution is -0.352. The third kappa shape index (κ3) is 6.02. The second-order valence-corrected chi connectivity index (χ2v) is 12.4. The average molecular weight is 668 g/mol. The van der Waals surface area contributed by atoms with Crippen LogP contribution in [-0.4, -0.2) is 146 Å². The van der Waals surface area contributed by atoms with Gasteiger partial charge in [0.25, 0.3) is 5.91 Å². The molecule has 1 aromatic rings. The molecular formula is C31H41NO15. The molecule has 16 heteroatoms. The number of hydrogen-bond acceptors (Lipinski definition) is 15. The molecule has 1 aromatic carbocycles. The summed E-state index contributed by atoms with van der Waals surface area (Å²) in [5.74, 6) is -0.947. The van der Waals surface area contributed by atoms with Gasteiger partial charge in [-0.05, 0) is 36.1 Å². The van der Waals surface area contributed by atoms with E-state index < -0.39 is 92.8 Å². The molecule has 0 saturated carbocycles. The van der Waals surface area contributed by atoms with Crippen LogP contribution in [0, 0.1) is 11.8 Å². The maximum atomic E-state index is 13.7. The van der Waals surface area contributed by atoms with Crippen LogP contribution >= 0.6 is 0 Å². The van der Waals surface area contributed by atoms with Gasteiger partial charge in [0.05, 0.1) is 38.2 Å². The van der Waals surface area contributed by atoms with E-state index in [-0.39, 0.29) is 17.7 Å². The van der Waals surface area contributed by atoms with Crippen LogP contribution in [0.2, 0.25) is 0 Å². The number of amides is 1. The highest BCUT2D eigenvalue weighted by Crippen LogP contribution is 2.49. The molecule has 5 aliphatic rings. The molecule has 8 N–H and O–H groups in total. The lowest BCUT2D eigenvalue weighted by Crippen LogP contribution is -2.62. The fraction of sp³-hybridized carbons (Fsp3) is 0.645. The SMILES string of the molecule is C=C[C@H]1[C@H](O[C@@H]2O[C@H](CO[C@H]3O[C@H](CO)[C@@H](O)[C@H](O)[C@H]3O)[C@@H](O)[C@H](O)[C@H]2O)OC=C2C(=O)N3CCc4cc(O)c(OC)cc4[C@H]3C[C@H]21. The highest BCUT2D eigenvalue weighted by atomic mass is 16.8. The largest absolute Gasteiger partial charge is 0.504 e. The number of nitrogens with zero attached hydrogens (tertiary/aromatic N) is 1. The zero-order valence-corrected chi connectivity index (χ0v) is 25.5. The Morgan fingerprint density at radius 1 is 0.957 bits per heavy atom. The molecule has 0 spiro atoms. The third-order valence-corrected chi connectivity index (χ3v) is 9.77. The molecule has 0 bridgehead atoms. The summed E-state index contributed by atoms with van der Waals surface area (Å²) < 4.78 is 33.8. The summed E-state index contributed by atoms with van der Waals surface area (Å²) in [4.78, 5) is 15.4. The molecule has 0 unspecified atom stereocenters. The number of ether oxygens (including phenoxy) is 6. The van der Waals surface area contributed by atoms with E-state index in [0.717, 1.165) is 11.1 Å². The number of phenols is 1. The smallest absolute Gasteiger partial charge is 0.253 e. The number of aliphatic hydroxyl groups is 7. The standard InChI is InChI=1S/C31H41NO15/c1-3-13-15-7-17-14-8-19(42-2)18(34)6-12(14)4-5-32(17)28(41)16(15)10-43-29(13)47-31-27(40)25(38)23(36)21(46-31)11-44-30-26(39)24(37)22(35)20(9-33)45-30/h3,6,8,10,13,15,17,20-27,29-31,33-40H,1,4-5,7,9,11H2,2H3/t13-,15+,17-,20-,21-,22-,23-,24+,25+,26-,27-,29+,30+,31+/m1/s1. The molecule has 6 rings (SSSR count). The van der Waals surface area contributed by atoms with Gasteiger partial charge in [0.15, 0.2) is 24.1 Å². The van der Waals surface area contributed by atoms with E-state index in [4.69, 9.17) is 28.4 Å². The zero-order chi connectivity index (χ0) is 33.7. The maximum Gasteiger partial charge on any atom is 0.253 e. The van der Waals surface area contributed by atoms with E-state index in [2.05, 4.69) is 6.58 Å². The summed E-state index contributed by atoms with van der Waals surface area (Å²) in [5.41, 5.74) is 2.19. The van der Waals surface area contributed by atoms with E-state index in [1.54, 1.807) is 23.1 Å². The first-order valence-electron chi connectivity index (χ1n) is 15.4. The Morgan fingerprint density at radius 3 is 2.32 bits per heavy atom. The number of fused-ring (bicyclic) bond motifs is 4. The molecule has 16 nitrogen and oxygen atoms in total. The Balaban J connectivity index is 1.17. The van der Waals surface area contributed by atoms with Gasteiger partial charge in [-0.1, -0.05) is 6.08 Å². The van der Waals surface area contributed by atoms with E-state index in [0.29, 0.717) is 30.7 Å². The maximum absolute atomic E-state index is 13.7. The number of piperidine rings is 1. The lowest BCUT2D eigenvalue weighted by atomic mass is 9.73. The lowest BCUT2D eigenvalue weighted by Gasteiger charge is -2.49. The molecule has 0 radical (unpaired) electrons. The summed E-state index contributed by atoms with van der Waals surface area (Å²) in [5, 5.41) is 82.1. The molecule has 3 saturated heterocycles. The van der Waals surface area contributed by atoms with Crippen LogP contribution in [0.1, 0.15) is 23.6 Å². The first kappa shape index (κ1) is 34.0. The van der Waals surface area contributed by atoms with Gasteiger partial charge in [-0.3, -0.25) is 4.79 Å². The molecular weight excluding hydrogens is 626 g/mol. The number of carbonyl (C=O) groups is 1. The number of rotatable bonds is 8. The number of methoxy groups -OCH3 is 1. The normalized spacial score (nSPS) is 41.6. The molecule has 47 heavy (non-hydrogen) atoms. The van der Waals surface area contributed by atoms with Crippen molar-refractivity contribution in [3.63, 3.8) is 0 Å². The minimum Gasteiger partial charge on any atom is -0.504 e. The van der Waals surface area contributed by atoms with Crippen molar-refractivity contribution >= 4 is 5.91 Å². The fourth-order valence-corrected chi connectivity index (χ4v) is 7.09. The van der Waals surface area contributed by atoms with E-state index >= 15 is 0 Å². The highest BCUT2D eigenvalue weighted by molar-refractivity contribution is 5.95. The Morgan fingerprint density at radius 2 is 1.64 bits per heavy atom. The van der Waals surface area contributed by atoms with Gasteiger partial charge in [0, 0.05) is 18.4 Å². The van der Waals surface area contributed by atoms with Crippen molar-refractivity contribution in [2.24, 2.45) is 11.8 Å². The second kappa shape index (κ2) is 13.6. The average Bonchev–Trinajstić information content (AvgIpc) is 3.07. The van der Waals surface area contributed by atoms with Crippen molar-refractivity contribution < 1.29 is 74.1 Å². The number of aromatic hydroxyl groups is 1. The molecule has 1 amide bonds. The summed E-state index contributed by atoms with van der Waals surface area (Å²) >= 11 is 0. The van der Waals surface area contributed by atoms with Gasteiger partial charge in [0.1, 0.15) is 48.8 Å². The highest BCUT2D eigenvalue weighted by Gasteiger charge is 2.51.